The van der Waals surface area contributed by atoms with E-state index < -0.39 is 0 Å². The highest BCUT2D eigenvalue weighted by atomic mass is 15.1. The summed E-state index contributed by atoms with van der Waals surface area (Å²) in [5, 5.41) is 15.9. The minimum Gasteiger partial charge on any atom is -0.311 e. The zero-order valence-electron chi connectivity index (χ0n) is 14.4. The standard InChI is InChI=1S/C19H34N4/c1-3-14-10-16-5-7-18(22-16)19-8-6-17(23-19)11-15-4-2-13(21-15)9-12(1)20-14/h12-23H,1-11H2. The monoisotopic (exact) mass is 318 g/mol. The smallest absolute Gasteiger partial charge is 0.0224 e. The second-order valence-corrected chi connectivity index (χ2v) is 9.08. The van der Waals surface area contributed by atoms with E-state index in [2.05, 4.69) is 21.3 Å². The van der Waals surface area contributed by atoms with Gasteiger partial charge in [-0.15, -0.1) is 0 Å². The number of fused-ring (bicyclic) bond motifs is 9. The molecule has 5 aliphatic rings. The number of rotatable bonds is 0. The van der Waals surface area contributed by atoms with Gasteiger partial charge in [0.05, 0.1) is 0 Å². The molecular formula is C19H34N4. The van der Waals surface area contributed by atoms with Gasteiger partial charge < -0.3 is 21.3 Å². The molecule has 8 unspecified atom stereocenters. The average molecular weight is 319 g/mol. The van der Waals surface area contributed by atoms with Crippen LogP contribution in [0.4, 0.5) is 0 Å². The van der Waals surface area contributed by atoms with Crippen molar-refractivity contribution < 1.29 is 0 Å². The maximum Gasteiger partial charge on any atom is 0.0224 e. The Bertz CT molecular complexity index is 390. The molecule has 8 bridgehead atoms. The largest absolute Gasteiger partial charge is 0.311 e. The van der Waals surface area contributed by atoms with E-state index >= 15 is 0 Å². The molecule has 5 fully saturated rings. The highest BCUT2D eigenvalue weighted by Gasteiger charge is 2.38. The molecular weight excluding hydrogens is 284 g/mol. The molecule has 130 valence electrons. The number of hydrogen-bond donors (Lipinski definition) is 4. The van der Waals surface area contributed by atoms with Crippen LogP contribution in [0.1, 0.15) is 70.6 Å². The van der Waals surface area contributed by atoms with Gasteiger partial charge in [0.25, 0.3) is 0 Å². The lowest BCUT2D eigenvalue weighted by molar-refractivity contribution is 0.379. The van der Waals surface area contributed by atoms with Crippen molar-refractivity contribution in [3.8, 4) is 0 Å². The van der Waals surface area contributed by atoms with Crippen molar-refractivity contribution in [1.82, 2.24) is 21.3 Å². The molecule has 8 atom stereocenters. The molecule has 5 rings (SSSR count). The summed E-state index contributed by atoms with van der Waals surface area (Å²) in [5.41, 5.74) is 0. The van der Waals surface area contributed by atoms with E-state index in [0.29, 0.717) is 0 Å². The Kier molecular flexibility index (Phi) is 4.13. The van der Waals surface area contributed by atoms with Crippen LogP contribution >= 0.6 is 0 Å². The second kappa shape index (κ2) is 6.29. The third-order valence-electron chi connectivity index (χ3n) is 7.41. The molecule has 0 aromatic rings. The summed E-state index contributed by atoms with van der Waals surface area (Å²) < 4.78 is 0. The molecule has 0 aliphatic carbocycles. The van der Waals surface area contributed by atoms with Crippen molar-refractivity contribution in [1.29, 1.82) is 0 Å². The third kappa shape index (κ3) is 3.20. The van der Waals surface area contributed by atoms with Crippen molar-refractivity contribution in [2.24, 2.45) is 0 Å². The summed E-state index contributed by atoms with van der Waals surface area (Å²) >= 11 is 0. The summed E-state index contributed by atoms with van der Waals surface area (Å²) in [4.78, 5) is 0. The van der Waals surface area contributed by atoms with Gasteiger partial charge in [0, 0.05) is 48.3 Å². The molecule has 4 nitrogen and oxygen atoms in total. The molecule has 5 saturated heterocycles. The average Bonchev–Trinajstić information content (AvgIpc) is 3.28. The number of hydrogen-bond acceptors (Lipinski definition) is 4. The molecule has 0 saturated carbocycles. The zero-order valence-corrected chi connectivity index (χ0v) is 14.4. The van der Waals surface area contributed by atoms with E-state index in [9.17, 15) is 0 Å². The van der Waals surface area contributed by atoms with Gasteiger partial charge in [-0.2, -0.15) is 0 Å². The molecule has 5 heterocycles. The van der Waals surface area contributed by atoms with Gasteiger partial charge in [-0.1, -0.05) is 0 Å². The predicted molar refractivity (Wildman–Crippen MR) is 93.6 cm³/mol. The maximum absolute atomic E-state index is 3.99. The fraction of sp³-hybridized carbons (Fsp3) is 1.00. The van der Waals surface area contributed by atoms with E-state index in [-0.39, 0.29) is 0 Å². The molecule has 0 aromatic carbocycles. The summed E-state index contributed by atoms with van der Waals surface area (Å²) in [6, 6.07) is 6.06. The lowest BCUT2D eigenvalue weighted by Crippen LogP contribution is -2.46. The minimum atomic E-state index is 0.733. The first-order chi connectivity index (χ1) is 11.3. The lowest BCUT2D eigenvalue weighted by Gasteiger charge is -2.24. The highest BCUT2D eigenvalue weighted by Crippen LogP contribution is 2.31. The Balaban J connectivity index is 1.30. The van der Waals surface area contributed by atoms with Gasteiger partial charge in [-0.05, 0) is 70.6 Å². The van der Waals surface area contributed by atoms with Crippen LogP contribution in [0.25, 0.3) is 0 Å². The van der Waals surface area contributed by atoms with Crippen LogP contribution in [0.5, 0.6) is 0 Å². The van der Waals surface area contributed by atoms with Crippen molar-refractivity contribution in [3.05, 3.63) is 0 Å². The van der Waals surface area contributed by atoms with Gasteiger partial charge in [-0.3, -0.25) is 0 Å². The minimum absolute atomic E-state index is 0.733. The van der Waals surface area contributed by atoms with E-state index in [4.69, 9.17) is 0 Å². The molecule has 0 radical (unpaired) electrons. The van der Waals surface area contributed by atoms with Gasteiger partial charge in [0.1, 0.15) is 0 Å². The first kappa shape index (κ1) is 15.1. The number of nitrogens with one attached hydrogen (secondary N) is 4. The maximum atomic E-state index is 3.99. The van der Waals surface area contributed by atoms with E-state index in [1.807, 2.05) is 0 Å². The van der Waals surface area contributed by atoms with Crippen LogP contribution in [-0.2, 0) is 0 Å². The summed E-state index contributed by atoms with van der Waals surface area (Å²) in [7, 11) is 0. The highest BCUT2D eigenvalue weighted by molar-refractivity contribution is 5.01. The Morgan fingerprint density at radius 1 is 0.348 bits per heavy atom. The topological polar surface area (TPSA) is 48.1 Å². The lowest BCUT2D eigenvalue weighted by atomic mass is 10.0. The Hall–Kier alpha value is -0.160. The van der Waals surface area contributed by atoms with Gasteiger partial charge in [0.15, 0.2) is 0 Å². The van der Waals surface area contributed by atoms with Gasteiger partial charge in [0.2, 0.25) is 0 Å². The first-order valence-electron chi connectivity index (χ1n) is 10.4. The van der Waals surface area contributed by atoms with Gasteiger partial charge >= 0.3 is 0 Å². The van der Waals surface area contributed by atoms with Gasteiger partial charge in [-0.25, -0.2) is 0 Å². The van der Waals surface area contributed by atoms with Crippen LogP contribution in [0.2, 0.25) is 0 Å². The Morgan fingerprint density at radius 3 is 1.04 bits per heavy atom. The molecule has 0 spiro atoms. The van der Waals surface area contributed by atoms with Crippen molar-refractivity contribution in [3.63, 3.8) is 0 Å². The van der Waals surface area contributed by atoms with Crippen LogP contribution in [0.15, 0.2) is 0 Å². The van der Waals surface area contributed by atoms with Crippen LogP contribution in [-0.4, -0.2) is 48.3 Å². The molecule has 23 heavy (non-hydrogen) atoms. The Labute approximate surface area is 140 Å². The molecule has 4 heteroatoms. The van der Waals surface area contributed by atoms with E-state index in [1.165, 1.54) is 70.6 Å². The van der Waals surface area contributed by atoms with E-state index in [0.717, 1.165) is 48.3 Å². The zero-order chi connectivity index (χ0) is 15.2. The normalized spacial score (nSPS) is 53.2. The summed E-state index contributed by atoms with van der Waals surface area (Å²) in [6.45, 7) is 0. The molecule has 5 aliphatic heterocycles. The molecule has 0 aromatic heterocycles. The Morgan fingerprint density at radius 2 is 0.652 bits per heavy atom. The fourth-order valence-electron chi connectivity index (χ4n) is 6.29. The van der Waals surface area contributed by atoms with Crippen molar-refractivity contribution >= 4 is 0 Å². The van der Waals surface area contributed by atoms with Crippen LogP contribution < -0.4 is 21.3 Å². The molecule has 4 N–H and O–H groups in total. The summed E-state index contributed by atoms with van der Waals surface area (Å²) in [5.74, 6) is 0. The first-order valence-corrected chi connectivity index (χ1v) is 10.4. The van der Waals surface area contributed by atoms with Crippen LogP contribution in [0, 0.1) is 0 Å². The fourth-order valence-corrected chi connectivity index (χ4v) is 6.29. The quantitative estimate of drug-likeness (QED) is 0.549. The molecule has 0 amide bonds. The second-order valence-electron chi connectivity index (χ2n) is 9.08. The third-order valence-corrected chi connectivity index (χ3v) is 7.41. The van der Waals surface area contributed by atoms with Crippen molar-refractivity contribution in [2.75, 3.05) is 0 Å². The van der Waals surface area contributed by atoms with E-state index in [1.54, 1.807) is 0 Å². The van der Waals surface area contributed by atoms with Crippen LogP contribution in [0.3, 0.4) is 0 Å². The SMILES string of the molecule is C1CC2CC3CCC(N3)C3CCC(CC4CCC(CC1N2)N4)N3. The van der Waals surface area contributed by atoms with Crippen molar-refractivity contribution in [2.45, 2.75) is 119 Å². The summed E-state index contributed by atoms with van der Waals surface area (Å²) in [6.07, 6.45) is 15.2. The predicted octanol–water partition coefficient (Wildman–Crippen LogP) is 1.65.